The van der Waals surface area contributed by atoms with Gasteiger partial charge in [-0.3, -0.25) is 9.79 Å². The van der Waals surface area contributed by atoms with Crippen LogP contribution in [0.25, 0.3) is 0 Å². The Morgan fingerprint density at radius 1 is 1.50 bits per heavy atom. The number of rotatable bonds is 2. The predicted octanol–water partition coefficient (Wildman–Crippen LogP) is 0.0338. The molecule has 1 amide bonds. The van der Waals surface area contributed by atoms with Crippen LogP contribution in [0.4, 0.5) is 0 Å². The Bertz CT molecular complexity index is 189. The van der Waals surface area contributed by atoms with E-state index in [1.54, 1.807) is 0 Å². The zero-order valence-corrected chi connectivity index (χ0v) is 7.18. The largest absolute Gasteiger partial charge is 0.368 e. The van der Waals surface area contributed by atoms with Gasteiger partial charge in [0.25, 0.3) is 0 Å². The van der Waals surface area contributed by atoms with Gasteiger partial charge in [0.2, 0.25) is 5.91 Å². The first kappa shape index (κ1) is 9.03. The average Bonchev–Trinajstić information content (AvgIpc) is 2.28. The number of nitrogens with zero attached hydrogens (tertiary/aromatic N) is 1. The molecule has 3 N–H and O–H groups in total. The van der Waals surface area contributed by atoms with Gasteiger partial charge in [-0.25, -0.2) is 0 Å². The van der Waals surface area contributed by atoms with Gasteiger partial charge in [-0.1, -0.05) is 6.42 Å². The van der Waals surface area contributed by atoms with Crippen molar-refractivity contribution in [3.05, 3.63) is 0 Å². The van der Waals surface area contributed by atoms with Gasteiger partial charge in [0.15, 0.2) is 0 Å². The fraction of sp³-hybridized carbons (Fsp3) is 0.750. The van der Waals surface area contributed by atoms with E-state index < -0.39 is 0 Å². The Hall–Kier alpha value is -1.06. The number of carbonyl (C=O) groups excluding carboxylic acids is 1. The van der Waals surface area contributed by atoms with Gasteiger partial charge in [0.1, 0.15) is 0 Å². The average molecular weight is 169 g/mol. The van der Waals surface area contributed by atoms with Crippen molar-refractivity contribution >= 4 is 11.7 Å². The summed E-state index contributed by atoms with van der Waals surface area (Å²) in [6.07, 6.45) is 4.49. The molecule has 1 rings (SSSR count). The number of carbonyl (C=O) groups is 1. The van der Waals surface area contributed by atoms with Gasteiger partial charge in [-0.15, -0.1) is 0 Å². The SMILES string of the molecule is NC(=O)CNC1=NCCCCC1. The summed E-state index contributed by atoms with van der Waals surface area (Å²) in [7, 11) is 0. The highest BCUT2D eigenvalue weighted by Gasteiger charge is 2.03. The van der Waals surface area contributed by atoms with Gasteiger partial charge >= 0.3 is 0 Å². The maximum atomic E-state index is 10.4. The second-order valence-electron chi connectivity index (χ2n) is 2.96. The smallest absolute Gasteiger partial charge is 0.236 e. The van der Waals surface area contributed by atoms with Gasteiger partial charge in [0.05, 0.1) is 12.4 Å². The molecular formula is C8H15N3O. The molecule has 0 aromatic carbocycles. The van der Waals surface area contributed by atoms with E-state index in [1.807, 2.05) is 0 Å². The van der Waals surface area contributed by atoms with Crippen molar-refractivity contribution < 1.29 is 4.79 Å². The molecule has 0 bridgehead atoms. The van der Waals surface area contributed by atoms with Crippen molar-refractivity contribution in [2.24, 2.45) is 10.7 Å². The number of amidine groups is 1. The van der Waals surface area contributed by atoms with E-state index in [2.05, 4.69) is 10.3 Å². The van der Waals surface area contributed by atoms with Crippen molar-refractivity contribution in [1.29, 1.82) is 0 Å². The molecule has 12 heavy (non-hydrogen) atoms. The van der Waals surface area contributed by atoms with Crippen molar-refractivity contribution in [1.82, 2.24) is 5.32 Å². The third kappa shape index (κ3) is 3.37. The maximum absolute atomic E-state index is 10.4. The minimum atomic E-state index is -0.332. The zero-order chi connectivity index (χ0) is 8.81. The molecule has 0 radical (unpaired) electrons. The topological polar surface area (TPSA) is 67.5 Å². The van der Waals surface area contributed by atoms with Crippen LogP contribution >= 0.6 is 0 Å². The summed E-state index contributed by atoms with van der Waals surface area (Å²) in [6, 6.07) is 0. The first-order valence-electron chi connectivity index (χ1n) is 4.34. The first-order chi connectivity index (χ1) is 5.79. The molecule has 0 saturated carbocycles. The summed E-state index contributed by atoms with van der Waals surface area (Å²) in [4.78, 5) is 14.7. The number of primary amides is 1. The number of hydrogen-bond acceptors (Lipinski definition) is 3. The molecule has 4 nitrogen and oxygen atoms in total. The highest BCUT2D eigenvalue weighted by Crippen LogP contribution is 2.05. The summed E-state index contributed by atoms with van der Waals surface area (Å²) < 4.78 is 0. The second-order valence-corrected chi connectivity index (χ2v) is 2.96. The molecule has 0 fully saturated rings. The predicted molar refractivity (Wildman–Crippen MR) is 48.0 cm³/mol. The number of hydrogen-bond donors (Lipinski definition) is 2. The first-order valence-corrected chi connectivity index (χ1v) is 4.34. The Kier molecular flexibility index (Phi) is 3.57. The fourth-order valence-corrected chi connectivity index (χ4v) is 1.21. The van der Waals surface area contributed by atoms with Crippen LogP contribution in [0.2, 0.25) is 0 Å². The van der Waals surface area contributed by atoms with Crippen molar-refractivity contribution in [2.75, 3.05) is 13.1 Å². The molecule has 0 aliphatic carbocycles. The summed E-state index contributed by atoms with van der Waals surface area (Å²) in [5.41, 5.74) is 4.99. The number of amides is 1. The lowest BCUT2D eigenvalue weighted by Gasteiger charge is -2.04. The van der Waals surface area contributed by atoms with E-state index in [9.17, 15) is 4.79 Å². The van der Waals surface area contributed by atoms with Crippen molar-refractivity contribution in [3.63, 3.8) is 0 Å². The molecule has 0 saturated heterocycles. The third-order valence-electron chi connectivity index (χ3n) is 1.84. The lowest BCUT2D eigenvalue weighted by Crippen LogP contribution is -2.33. The minimum Gasteiger partial charge on any atom is -0.368 e. The van der Waals surface area contributed by atoms with Crippen LogP contribution in [0.15, 0.2) is 4.99 Å². The van der Waals surface area contributed by atoms with E-state index in [1.165, 1.54) is 6.42 Å². The van der Waals surface area contributed by atoms with Gasteiger partial charge < -0.3 is 11.1 Å². The van der Waals surface area contributed by atoms with Crippen LogP contribution in [0.5, 0.6) is 0 Å². The molecule has 0 aromatic rings. The summed E-state index contributed by atoms with van der Waals surface area (Å²) in [5.74, 6) is 0.605. The lowest BCUT2D eigenvalue weighted by molar-refractivity contribution is -0.116. The van der Waals surface area contributed by atoms with Crippen LogP contribution < -0.4 is 11.1 Å². The minimum absolute atomic E-state index is 0.207. The van der Waals surface area contributed by atoms with Gasteiger partial charge in [-0.2, -0.15) is 0 Å². The molecule has 1 heterocycles. The summed E-state index contributed by atoms with van der Waals surface area (Å²) >= 11 is 0. The van der Waals surface area contributed by atoms with Crippen LogP contribution in [0.3, 0.4) is 0 Å². The lowest BCUT2D eigenvalue weighted by atomic mass is 10.2. The fourth-order valence-electron chi connectivity index (χ4n) is 1.21. The molecule has 0 spiro atoms. The zero-order valence-electron chi connectivity index (χ0n) is 7.18. The highest BCUT2D eigenvalue weighted by atomic mass is 16.1. The van der Waals surface area contributed by atoms with Crippen LogP contribution in [-0.2, 0) is 4.79 Å². The molecule has 0 atom stereocenters. The Morgan fingerprint density at radius 2 is 2.33 bits per heavy atom. The van der Waals surface area contributed by atoms with E-state index >= 15 is 0 Å². The quantitative estimate of drug-likeness (QED) is 0.612. The molecular weight excluding hydrogens is 154 g/mol. The third-order valence-corrected chi connectivity index (χ3v) is 1.84. The molecule has 1 aliphatic heterocycles. The monoisotopic (exact) mass is 169 g/mol. The number of aliphatic imine (C=N–C) groups is 1. The molecule has 0 unspecified atom stereocenters. The van der Waals surface area contributed by atoms with Gasteiger partial charge in [-0.05, 0) is 12.8 Å². The van der Waals surface area contributed by atoms with Crippen LogP contribution in [-0.4, -0.2) is 24.8 Å². The van der Waals surface area contributed by atoms with E-state index in [0.717, 1.165) is 31.6 Å². The normalized spacial score (nSPS) is 17.8. The van der Waals surface area contributed by atoms with Crippen LogP contribution in [0.1, 0.15) is 25.7 Å². The maximum Gasteiger partial charge on any atom is 0.236 e. The second kappa shape index (κ2) is 4.74. The molecule has 68 valence electrons. The standard InChI is InChI=1S/C8H15N3O/c9-7(12)6-11-8-4-2-1-3-5-10-8/h1-6H2,(H2,9,12)(H,10,11). The molecule has 4 heteroatoms. The van der Waals surface area contributed by atoms with E-state index in [4.69, 9.17) is 5.73 Å². The van der Waals surface area contributed by atoms with Crippen LogP contribution in [0, 0.1) is 0 Å². The van der Waals surface area contributed by atoms with E-state index in [0.29, 0.717) is 0 Å². The van der Waals surface area contributed by atoms with Crippen molar-refractivity contribution in [2.45, 2.75) is 25.7 Å². The summed E-state index contributed by atoms with van der Waals surface area (Å²) in [5, 5.41) is 2.94. The van der Waals surface area contributed by atoms with Gasteiger partial charge in [0, 0.05) is 13.0 Å². The molecule has 1 aliphatic rings. The Labute approximate surface area is 72.2 Å². The highest BCUT2D eigenvalue weighted by molar-refractivity contribution is 5.87. The molecule has 0 aromatic heterocycles. The number of nitrogens with two attached hydrogens (primary N) is 1. The Balaban J connectivity index is 2.28. The summed E-state index contributed by atoms with van der Waals surface area (Å²) in [6.45, 7) is 1.08. The van der Waals surface area contributed by atoms with Crippen molar-refractivity contribution in [3.8, 4) is 0 Å². The number of nitrogens with one attached hydrogen (secondary N) is 1. The Morgan fingerprint density at radius 3 is 3.08 bits per heavy atom. The van der Waals surface area contributed by atoms with E-state index in [-0.39, 0.29) is 12.5 Å².